The first-order valence-electron chi connectivity index (χ1n) is 6.44. The quantitative estimate of drug-likeness (QED) is 0.675. The summed E-state index contributed by atoms with van der Waals surface area (Å²) in [5.41, 5.74) is -0.589. The Morgan fingerprint density at radius 1 is 1.17 bits per heavy atom. The first-order valence-corrected chi connectivity index (χ1v) is 6.44. The van der Waals surface area contributed by atoms with Gasteiger partial charge in [-0.2, -0.15) is 0 Å². The Balaban J connectivity index is 2.40. The lowest BCUT2D eigenvalue weighted by Crippen LogP contribution is -2.15. The van der Waals surface area contributed by atoms with Gasteiger partial charge >= 0.3 is 0 Å². The molecule has 1 N–H and O–H groups in total. The van der Waals surface area contributed by atoms with Crippen molar-refractivity contribution in [1.29, 1.82) is 0 Å². The summed E-state index contributed by atoms with van der Waals surface area (Å²) in [7, 11) is 2.75. The van der Waals surface area contributed by atoms with Crippen LogP contribution < -0.4 is 14.8 Å². The smallest absolute Gasteiger partial charge is 0.271 e. The van der Waals surface area contributed by atoms with Crippen molar-refractivity contribution in [3.05, 3.63) is 57.9 Å². The lowest BCUT2D eigenvalue weighted by molar-refractivity contribution is -0.384. The number of anilines is 1. The molecule has 0 saturated carbocycles. The number of carbonyl (C=O) groups excluding carboxylic acids is 1. The van der Waals surface area contributed by atoms with Gasteiger partial charge < -0.3 is 14.8 Å². The molecule has 2 aromatic carbocycles. The zero-order valence-corrected chi connectivity index (χ0v) is 12.3. The molecule has 0 aliphatic carbocycles. The van der Waals surface area contributed by atoms with Crippen LogP contribution in [0.5, 0.6) is 11.5 Å². The number of hydrogen-bond donors (Lipinski definition) is 1. The largest absolute Gasteiger partial charge is 0.496 e. The molecular formula is C15H13FN2O5. The minimum atomic E-state index is -0.794. The first kappa shape index (κ1) is 16.2. The summed E-state index contributed by atoms with van der Waals surface area (Å²) in [4.78, 5) is 22.5. The predicted octanol–water partition coefficient (Wildman–Crippen LogP) is 3.00. The van der Waals surface area contributed by atoms with Gasteiger partial charge in [-0.25, -0.2) is 4.39 Å². The molecule has 8 heteroatoms. The number of nitrogens with zero attached hydrogens (tertiary/aromatic N) is 1. The van der Waals surface area contributed by atoms with Gasteiger partial charge in [-0.1, -0.05) is 6.07 Å². The van der Waals surface area contributed by atoms with Crippen molar-refractivity contribution in [2.24, 2.45) is 0 Å². The molecule has 2 aromatic rings. The normalized spacial score (nSPS) is 10.0. The van der Waals surface area contributed by atoms with E-state index in [2.05, 4.69) is 5.32 Å². The van der Waals surface area contributed by atoms with Crippen LogP contribution in [0, 0.1) is 15.9 Å². The highest BCUT2D eigenvalue weighted by Gasteiger charge is 2.20. The van der Waals surface area contributed by atoms with Crippen LogP contribution in [0.25, 0.3) is 0 Å². The second-order valence-electron chi connectivity index (χ2n) is 4.41. The number of ether oxygens (including phenoxy) is 2. The average molecular weight is 320 g/mol. The van der Waals surface area contributed by atoms with Gasteiger partial charge in [0.25, 0.3) is 11.6 Å². The van der Waals surface area contributed by atoms with Gasteiger partial charge in [0.2, 0.25) is 0 Å². The van der Waals surface area contributed by atoms with Crippen LogP contribution in [0.2, 0.25) is 0 Å². The van der Waals surface area contributed by atoms with Crippen LogP contribution in [-0.4, -0.2) is 25.1 Å². The molecule has 0 spiro atoms. The second kappa shape index (κ2) is 6.73. The van der Waals surface area contributed by atoms with E-state index < -0.39 is 16.6 Å². The molecule has 7 nitrogen and oxygen atoms in total. The van der Waals surface area contributed by atoms with Gasteiger partial charge in [-0.15, -0.1) is 0 Å². The molecule has 0 fully saturated rings. The molecule has 0 radical (unpaired) electrons. The van der Waals surface area contributed by atoms with Crippen LogP contribution >= 0.6 is 0 Å². The number of hydrogen-bond acceptors (Lipinski definition) is 5. The maximum atomic E-state index is 13.8. The van der Waals surface area contributed by atoms with E-state index in [4.69, 9.17) is 9.47 Å². The van der Waals surface area contributed by atoms with Crippen LogP contribution in [0.1, 0.15) is 10.4 Å². The van der Waals surface area contributed by atoms with Crippen molar-refractivity contribution < 1.29 is 23.6 Å². The molecule has 0 aromatic heterocycles. The maximum absolute atomic E-state index is 13.8. The van der Waals surface area contributed by atoms with Gasteiger partial charge in [-0.3, -0.25) is 14.9 Å². The third kappa shape index (κ3) is 3.37. The fourth-order valence-electron chi connectivity index (χ4n) is 1.98. The number of nitrogens with one attached hydrogen (secondary N) is 1. The van der Waals surface area contributed by atoms with E-state index in [0.717, 1.165) is 18.2 Å². The number of methoxy groups -OCH3 is 2. The van der Waals surface area contributed by atoms with E-state index in [1.807, 2.05) is 0 Å². The molecule has 1 amide bonds. The molecule has 23 heavy (non-hydrogen) atoms. The summed E-state index contributed by atoms with van der Waals surface area (Å²) in [5.74, 6) is -1.04. The number of non-ortho nitro benzene ring substituents is 1. The van der Waals surface area contributed by atoms with E-state index in [9.17, 15) is 19.3 Å². The average Bonchev–Trinajstić information content (AvgIpc) is 2.55. The number of carbonyl (C=O) groups is 1. The molecule has 0 aliphatic heterocycles. The van der Waals surface area contributed by atoms with Gasteiger partial charge in [0, 0.05) is 12.1 Å². The highest BCUT2D eigenvalue weighted by Crippen LogP contribution is 2.30. The third-order valence-corrected chi connectivity index (χ3v) is 3.06. The Morgan fingerprint density at radius 3 is 2.30 bits per heavy atom. The number of amides is 1. The summed E-state index contributed by atoms with van der Waals surface area (Å²) >= 11 is 0. The summed E-state index contributed by atoms with van der Waals surface area (Å²) in [5, 5.41) is 13.0. The van der Waals surface area contributed by atoms with Crippen molar-refractivity contribution in [2.75, 3.05) is 19.5 Å². The third-order valence-electron chi connectivity index (χ3n) is 3.06. The highest BCUT2D eigenvalue weighted by atomic mass is 19.1. The number of nitro groups is 1. The monoisotopic (exact) mass is 320 g/mol. The van der Waals surface area contributed by atoms with Crippen molar-refractivity contribution in [3.63, 3.8) is 0 Å². The minimum absolute atomic E-state index is 0.0587. The second-order valence-corrected chi connectivity index (χ2v) is 4.41. The maximum Gasteiger partial charge on any atom is 0.271 e. The Kier molecular flexibility index (Phi) is 4.75. The molecule has 0 unspecified atom stereocenters. The fourth-order valence-corrected chi connectivity index (χ4v) is 1.98. The SMILES string of the molecule is COc1cccc(OC)c1C(=O)Nc1cc([N+](=O)[O-])ccc1F. The molecular weight excluding hydrogens is 307 g/mol. The predicted molar refractivity (Wildman–Crippen MR) is 80.6 cm³/mol. The number of halogens is 1. The van der Waals surface area contributed by atoms with Crippen molar-refractivity contribution in [2.45, 2.75) is 0 Å². The summed E-state index contributed by atoms with van der Waals surface area (Å²) in [6, 6.07) is 7.57. The first-order chi connectivity index (χ1) is 11.0. The minimum Gasteiger partial charge on any atom is -0.496 e. The summed E-state index contributed by atoms with van der Waals surface area (Å²) in [6.07, 6.45) is 0. The standard InChI is InChI=1S/C15H13FN2O5/c1-22-12-4-3-5-13(23-2)14(12)15(19)17-11-8-9(18(20)21)6-7-10(11)16/h3-8H,1-2H3,(H,17,19). The summed E-state index contributed by atoms with van der Waals surface area (Å²) in [6.45, 7) is 0. The van der Waals surface area contributed by atoms with Crippen molar-refractivity contribution >= 4 is 17.3 Å². The van der Waals surface area contributed by atoms with Crippen molar-refractivity contribution in [1.82, 2.24) is 0 Å². The topological polar surface area (TPSA) is 90.7 Å². The molecule has 0 saturated heterocycles. The van der Waals surface area contributed by atoms with Gasteiger partial charge in [0.15, 0.2) is 0 Å². The van der Waals surface area contributed by atoms with Crippen LogP contribution in [-0.2, 0) is 0 Å². The van der Waals surface area contributed by atoms with Gasteiger partial charge in [-0.05, 0) is 18.2 Å². The zero-order chi connectivity index (χ0) is 17.0. The lowest BCUT2D eigenvalue weighted by Gasteiger charge is -2.13. The van der Waals surface area contributed by atoms with E-state index in [1.165, 1.54) is 14.2 Å². The van der Waals surface area contributed by atoms with E-state index >= 15 is 0 Å². The number of rotatable bonds is 5. The fraction of sp³-hybridized carbons (Fsp3) is 0.133. The van der Waals surface area contributed by atoms with Gasteiger partial charge in [0.05, 0.1) is 24.8 Å². The Hall–Kier alpha value is -3.16. The Bertz CT molecular complexity index is 741. The molecule has 0 bridgehead atoms. The molecule has 120 valence electrons. The van der Waals surface area contributed by atoms with Crippen LogP contribution in [0.4, 0.5) is 15.8 Å². The zero-order valence-electron chi connectivity index (χ0n) is 12.3. The van der Waals surface area contributed by atoms with E-state index in [0.29, 0.717) is 0 Å². The van der Waals surface area contributed by atoms with Crippen LogP contribution in [0.3, 0.4) is 0 Å². The Labute approximate surface area is 130 Å². The van der Waals surface area contributed by atoms with E-state index in [1.54, 1.807) is 18.2 Å². The Morgan fingerprint density at radius 2 is 1.78 bits per heavy atom. The van der Waals surface area contributed by atoms with Gasteiger partial charge in [0.1, 0.15) is 22.9 Å². The highest BCUT2D eigenvalue weighted by molar-refractivity contribution is 6.08. The van der Waals surface area contributed by atoms with Crippen LogP contribution in [0.15, 0.2) is 36.4 Å². The lowest BCUT2D eigenvalue weighted by atomic mass is 10.1. The number of benzene rings is 2. The molecule has 2 rings (SSSR count). The molecule has 0 atom stereocenters. The summed E-state index contributed by atoms with van der Waals surface area (Å²) < 4.78 is 24.0. The molecule has 0 aliphatic rings. The molecule has 0 heterocycles. The van der Waals surface area contributed by atoms with Crippen molar-refractivity contribution in [3.8, 4) is 11.5 Å². The number of nitro benzene ring substituents is 1. The van der Waals surface area contributed by atoms with E-state index in [-0.39, 0.29) is 28.4 Å².